The van der Waals surface area contributed by atoms with E-state index in [2.05, 4.69) is 10.3 Å². The van der Waals surface area contributed by atoms with Crippen molar-refractivity contribution >= 4 is 34.0 Å². The maximum absolute atomic E-state index is 12.5. The first-order valence-corrected chi connectivity index (χ1v) is 8.53. The Morgan fingerprint density at radius 1 is 1.38 bits per heavy atom. The standard InChI is InChI=1S/C18H18ClN5O2/c1-3-12(25)10-24-16-8-11(4-5-15(16)23(2)18(24)26)22-14-6-7-21-17(19)13(14)9-20/h4-8,12,25H,3,10H2,1-2H3,(H,21,22)/t12-/m1/s1. The van der Waals surface area contributed by atoms with Crippen LogP contribution in [0.1, 0.15) is 18.9 Å². The number of aryl methyl sites for hydroxylation is 1. The molecular weight excluding hydrogens is 354 g/mol. The number of aliphatic hydroxyl groups is 1. The fraction of sp³-hybridized carbons (Fsp3) is 0.278. The number of hydrogen-bond donors (Lipinski definition) is 2. The number of anilines is 2. The monoisotopic (exact) mass is 371 g/mol. The molecule has 0 unspecified atom stereocenters. The van der Waals surface area contributed by atoms with Gasteiger partial charge in [-0.3, -0.25) is 9.13 Å². The highest BCUT2D eigenvalue weighted by Crippen LogP contribution is 2.26. The van der Waals surface area contributed by atoms with E-state index in [9.17, 15) is 15.2 Å². The van der Waals surface area contributed by atoms with E-state index < -0.39 is 6.10 Å². The van der Waals surface area contributed by atoms with Crippen molar-refractivity contribution in [3.8, 4) is 6.07 Å². The highest BCUT2D eigenvalue weighted by atomic mass is 35.5. The van der Waals surface area contributed by atoms with Crippen molar-refractivity contribution in [1.82, 2.24) is 14.1 Å². The summed E-state index contributed by atoms with van der Waals surface area (Å²) in [5.41, 5.74) is 2.76. The van der Waals surface area contributed by atoms with Crippen LogP contribution < -0.4 is 11.0 Å². The molecule has 0 aliphatic rings. The van der Waals surface area contributed by atoms with Crippen LogP contribution in [-0.2, 0) is 13.6 Å². The van der Waals surface area contributed by atoms with Gasteiger partial charge in [0.1, 0.15) is 16.8 Å². The number of nitrogens with zero attached hydrogens (tertiary/aromatic N) is 4. The molecular formula is C18H18ClN5O2. The van der Waals surface area contributed by atoms with Crippen LogP contribution in [0.4, 0.5) is 11.4 Å². The molecule has 2 N–H and O–H groups in total. The number of nitrogens with one attached hydrogen (secondary N) is 1. The van der Waals surface area contributed by atoms with Crippen LogP contribution in [0.5, 0.6) is 0 Å². The fourth-order valence-corrected chi connectivity index (χ4v) is 3.01. The molecule has 0 saturated carbocycles. The summed E-state index contributed by atoms with van der Waals surface area (Å²) in [4.78, 5) is 16.4. The largest absolute Gasteiger partial charge is 0.391 e. The van der Waals surface area contributed by atoms with E-state index in [4.69, 9.17) is 11.6 Å². The van der Waals surface area contributed by atoms with Crippen molar-refractivity contribution in [3.05, 3.63) is 51.7 Å². The molecule has 0 aliphatic carbocycles. The van der Waals surface area contributed by atoms with Crippen LogP contribution in [0.25, 0.3) is 11.0 Å². The minimum absolute atomic E-state index is 0.126. The number of aliphatic hydroxyl groups excluding tert-OH is 1. The SMILES string of the molecule is CC[C@@H](O)Cn1c(=O)n(C)c2ccc(Nc3ccnc(Cl)c3C#N)cc21. The van der Waals surface area contributed by atoms with E-state index in [1.165, 1.54) is 6.20 Å². The van der Waals surface area contributed by atoms with Crippen molar-refractivity contribution in [2.24, 2.45) is 7.05 Å². The van der Waals surface area contributed by atoms with E-state index in [0.717, 1.165) is 5.52 Å². The van der Waals surface area contributed by atoms with Crippen LogP contribution in [0, 0.1) is 11.3 Å². The molecule has 0 amide bonds. The summed E-state index contributed by atoms with van der Waals surface area (Å²) in [7, 11) is 1.70. The van der Waals surface area contributed by atoms with Gasteiger partial charge in [-0.05, 0) is 30.7 Å². The smallest absolute Gasteiger partial charge is 0.328 e. The molecule has 8 heteroatoms. The molecule has 2 aromatic heterocycles. The molecule has 3 aromatic rings. The Kier molecular flexibility index (Phi) is 4.98. The molecule has 7 nitrogen and oxygen atoms in total. The number of rotatable bonds is 5. The number of fused-ring (bicyclic) bond motifs is 1. The number of aromatic nitrogens is 3. The normalized spacial score (nSPS) is 12.1. The summed E-state index contributed by atoms with van der Waals surface area (Å²) < 4.78 is 3.10. The van der Waals surface area contributed by atoms with Gasteiger partial charge >= 0.3 is 5.69 Å². The van der Waals surface area contributed by atoms with E-state index in [1.54, 1.807) is 22.2 Å². The van der Waals surface area contributed by atoms with E-state index in [-0.39, 0.29) is 23.0 Å². The average Bonchev–Trinajstić information content (AvgIpc) is 2.86. The maximum atomic E-state index is 12.5. The van der Waals surface area contributed by atoms with Gasteiger partial charge in [-0.1, -0.05) is 18.5 Å². The number of nitriles is 1. The minimum atomic E-state index is -0.598. The van der Waals surface area contributed by atoms with Crippen LogP contribution in [0.15, 0.2) is 35.3 Å². The molecule has 1 atom stereocenters. The van der Waals surface area contributed by atoms with Crippen LogP contribution in [0.2, 0.25) is 5.15 Å². The summed E-state index contributed by atoms with van der Waals surface area (Å²) in [6, 6.07) is 9.14. The Hall–Kier alpha value is -2.82. The van der Waals surface area contributed by atoms with Gasteiger partial charge in [0, 0.05) is 18.9 Å². The van der Waals surface area contributed by atoms with E-state index in [0.29, 0.717) is 23.3 Å². The second kappa shape index (κ2) is 7.20. The summed E-state index contributed by atoms with van der Waals surface area (Å²) in [5.74, 6) is 0. The van der Waals surface area contributed by atoms with Crippen molar-refractivity contribution in [1.29, 1.82) is 5.26 Å². The lowest BCUT2D eigenvalue weighted by Crippen LogP contribution is -2.27. The predicted molar refractivity (Wildman–Crippen MR) is 101 cm³/mol. The van der Waals surface area contributed by atoms with Crippen LogP contribution in [0.3, 0.4) is 0 Å². The third kappa shape index (κ3) is 3.17. The number of imidazole rings is 1. The number of benzene rings is 1. The molecule has 0 aliphatic heterocycles. The summed E-state index contributed by atoms with van der Waals surface area (Å²) in [5, 5.41) is 22.5. The van der Waals surface area contributed by atoms with Crippen LogP contribution >= 0.6 is 11.6 Å². The Bertz CT molecular complexity index is 1060. The highest BCUT2D eigenvalue weighted by Gasteiger charge is 2.15. The molecule has 0 radical (unpaired) electrons. The second-order valence-corrected chi connectivity index (χ2v) is 6.34. The molecule has 3 rings (SSSR count). The maximum Gasteiger partial charge on any atom is 0.328 e. The molecule has 2 heterocycles. The van der Waals surface area contributed by atoms with Crippen molar-refractivity contribution < 1.29 is 5.11 Å². The van der Waals surface area contributed by atoms with Gasteiger partial charge in [0.15, 0.2) is 0 Å². The Balaban J connectivity index is 2.07. The topological polar surface area (TPSA) is 95.9 Å². The van der Waals surface area contributed by atoms with Crippen molar-refractivity contribution in [2.45, 2.75) is 26.0 Å². The zero-order chi connectivity index (χ0) is 18.8. The van der Waals surface area contributed by atoms with E-state index >= 15 is 0 Å². The lowest BCUT2D eigenvalue weighted by molar-refractivity contribution is 0.150. The zero-order valence-electron chi connectivity index (χ0n) is 14.4. The Labute approximate surface area is 155 Å². The number of hydrogen-bond acceptors (Lipinski definition) is 5. The van der Waals surface area contributed by atoms with Gasteiger partial charge in [0.05, 0.1) is 29.4 Å². The number of pyridine rings is 1. The molecule has 1 aromatic carbocycles. The quantitative estimate of drug-likeness (QED) is 0.672. The Morgan fingerprint density at radius 3 is 2.85 bits per heavy atom. The second-order valence-electron chi connectivity index (χ2n) is 5.98. The lowest BCUT2D eigenvalue weighted by Gasteiger charge is -2.11. The summed E-state index contributed by atoms with van der Waals surface area (Å²) >= 11 is 5.96. The van der Waals surface area contributed by atoms with Gasteiger partial charge in [-0.25, -0.2) is 9.78 Å². The highest BCUT2D eigenvalue weighted by molar-refractivity contribution is 6.31. The lowest BCUT2D eigenvalue weighted by atomic mass is 10.2. The summed E-state index contributed by atoms with van der Waals surface area (Å²) in [6.45, 7) is 2.09. The van der Waals surface area contributed by atoms with Gasteiger partial charge in [-0.2, -0.15) is 5.26 Å². The third-order valence-electron chi connectivity index (χ3n) is 4.31. The number of halogens is 1. The molecule has 0 saturated heterocycles. The molecule has 0 bridgehead atoms. The first kappa shape index (κ1) is 18.0. The fourth-order valence-electron chi connectivity index (χ4n) is 2.81. The molecule has 26 heavy (non-hydrogen) atoms. The average molecular weight is 372 g/mol. The van der Waals surface area contributed by atoms with Crippen molar-refractivity contribution in [2.75, 3.05) is 5.32 Å². The first-order chi connectivity index (χ1) is 12.5. The first-order valence-electron chi connectivity index (χ1n) is 8.15. The van der Waals surface area contributed by atoms with Gasteiger partial charge in [-0.15, -0.1) is 0 Å². The van der Waals surface area contributed by atoms with E-state index in [1.807, 2.05) is 31.2 Å². The van der Waals surface area contributed by atoms with Gasteiger partial charge in [0.25, 0.3) is 0 Å². The molecule has 134 valence electrons. The van der Waals surface area contributed by atoms with Crippen LogP contribution in [-0.4, -0.2) is 25.3 Å². The molecule has 0 fully saturated rings. The third-order valence-corrected chi connectivity index (χ3v) is 4.59. The zero-order valence-corrected chi connectivity index (χ0v) is 15.2. The summed E-state index contributed by atoms with van der Waals surface area (Å²) in [6.07, 6.45) is 1.47. The molecule has 0 spiro atoms. The minimum Gasteiger partial charge on any atom is -0.391 e. The van der Waals surface area contributed by atoms with Gasteiger partial charge in [0.2, 0.25) is 0 Å². The van der Waals surface area contributed by atoms with Gasteiger partial charge < -0.3 is 10.4 Å². The predicted octanol–water partition coefficient (Wildman–Crippen LogP) is 2.77. The Morgan fingerprint density at radius 2 is 2.15 bits per heavy atom. The van der Waals surface area contributed by atoms with Crippen molar-refractivity contribution in [3.63, 3.8) is 0 Å².